The highest BCUT2D eigenvalue weighted by molar-refractivity contribution is 7.90. The molecule has 0 bridgehead atoms. The zero-order valence-corrected chi connectivity index (χ0v) is 36.4. The summed E-state index contributed by atoms with van der Waals surface area (Å²) in [4.78, 5) is 59.1. The highest BCUT2D eigenvalue weighted by Gasteiger charge is 2.44. The van der Waals surface area contributed by atoms with Crippen LogP contribution in [0, 0.1) is 17.8 Å². The van der Waals surface area contributed by atoms with Crippen molar-refractivity contribution < 1.29 is 37.1 Å². The molecule has 0 aromatic heterocycles. The number of nitrogens with one attached hydrogen (secondary N) is 3. The standard InChI is InChI=1S/C42H66N6O8S/c1-12-27(4)36(47(9)41(52)35(26(2)3)45-40(51)38(44-8)42(6,7)29-17-14-13-15-18-29)33(55-10)25-34(49)48-24-16-19-32(48)37(56-11)28(5)39(50)46-57(53,54)31-22-20-30(43)21-23-31/h13-15,17-18,20-23,26-28,32-33,35-38,44H,12,16,19,24-25,43H2,1-11H3,(H,45,51)(H,46,50)/t27-,28+,32-,33+,35-,36-,37+,38+/m0/s1. The first-order chi connectivity index (χ1) is 26.8. The first-order valence-corrected chi connectivity index (χ1v) is 21.3. The van der Waals surface area contributed by atoms with Gasteiger partial charge in [0.05, 0.1) is 47.6 Å². The van der Waals surface area contributed by atoms with Crippen LogP contribution in [0.25, 0.3) is 0 Å². The van der Waals surface area contributed by atoms with Crippen LogP contribution in [0.2, 0.25) is 0 Å². The van der Waals surface area contributed by atoms with E-state index in [2.05, 4.69) is 15.4 Å². The monoisotopic (exact) mass is 814 g/mol. The zero-order valence-electron chi connectivity index (χ0n) is 35.6. The number of likely N-dealkylation sites (tertiary alicyclic amines) is 1. The maximum atomic E-state index is 14.4. The summed E-state index contributed by atoms with van der Waals surface area (Å²) in [6.07, 6.45) is 0.309. The van der Waals surface area contributed by atoms with Crippen LogP contribution in [0.15, 0.2) is 59.5 Å². The molecule has 1 aliphatic rings. The lowest BCUT2D eigenvalue weighted by molar-refractivity contribution is -0.147. The van der Waals surface area contributed by atoms with E-state index in [0.717, 1.165) is 5.56 Å². The number of hydrogen-bond donors (Lipinski definition) is 4. The fourth-order valence-electron chi connectivity index (χ4n) is 8.06. The second kappa shape index (κ2) is 20.6. The fourth-order valence-corrected chi connectivity index (χ4v) is 9.12. The van der Waals surface area contributed by atoms with Crippen molar-refractivity contribution in [3.8, 4) is 0 Å². The van der Waals surface area contributed by atoms with Crippen molar-refractivity contribution in [1.29, 1.82) is 0 Å². The molecule has 1 saturated heterocycles. The minimum atomic E-state index is -4.18. The number of nitrogens with zero attached hydrogens (tertiary/aromatic N) is 2. The molecule has 3 rings (SSSR count). The molecule has 0 aliphatic carbocycles. The van der Waals surface area contributed by atoms with Gasteiger partial charge in [-0.2, -0.15) is 0 Å². The Morgan fingerprint density at radius 2 is 1.58 bits per heavy atom. The average molecular weight is 815 g/mol. The smallest absolute Gasteiger partial charge is 0.264 e. The zero-order chi connectivity index (χ0) is 42.8. The number of rotatable bonds is 20. The number of ether oxygens (including phenoxy) is 2. The summed E-state index contributed by atoms with van der Waals surface area (Å²) < 4.78 is 39.9. The molecule has 8 atom stereocenters. The minimum Gasteiger partial charge on any atom is -0.399 e. The van der Waals surface area contributed by atoms with Gasteiger partial charge in [-0.05, 0) is 61.6 Å². The molecule has 0 saturated carbocycles. The molecule has 318 valence electrons. The predicted octanol–water partition coefficient (Wildman–Crippen LogP) is 3.70. The molecule has 57 heavy (non-hydrogen) atoms. The maximum Gasteiger partial charge on any atom is 0.264 e. The number of likely N-dealkylation sites (N-methyl/N-ethyl adjacent to an activating group) is 2. The quantitative estimate of drug-likeness (QED) is 0.144. The molecule has 2 aromatic rings. The first-order valence-electron chi connectivity index (χ1n) is 19.8. The molecular formula is C42H66N6O8S. The molecule has 1 heterocycles. The van der Waals surface area contributed by atoms with Crippen LogP contribution in [0.4, 0.5) is 5.69 Å². The normalized spacial score (nSPS) is 18.5. The van der Waals surface area contributed by atoms with Gasteiger partial charge in [-0.1, -0.05) is 85.2 Å². The number of carbonyl (C=O) groups excluding carboxylic acids is 4. The molecular weight excluding hydrogens is 749 g/mol. The summed E-state index contributed by atoms with van der Waals surface area (Å²) in [5.74, 6) is -2.87. The van der Waals surface area contributed by atoms with E-state index in [0.29, 0.717) is 31.5 Å². The molecule has 14 nitrogen and oxygen atoms in total. The van der Waals surface area contributed by atoms with Gasteiger partial charge in [0.25, 0.3) is 10.0 Å². The van der Waals surface area contributed by atoms with Crippen molar-refractivity contribution in [3.05, 3.63) is 60.2 Å². The molecule has 4 amide bonds. The Hall–Kier alpha value is -4.05. The largest absolute Gasteiger partial charge is 0.399 e. The topological polar surface area (TPSA) is 189 Å². The lowest BCUT2D eigenvalue weighted by Gasteiger charge is -2.41. The molecule has 0 radical (unpaired) electrons. The Balaban J connectivity index is 1.81. The number of carbonyl (C=O) groups is 4. The second-order valence-electron chi connectivity index (χ2n) is 16.2. The van der Waals surface area contributed by atoms with Gasteiger partial charge in [0, 0.05) is 38.9 Å². The van der Waals surface area contributed by atoms with Crippen molar-refractivity contribution in [1.82, 2.24) is 25.2 Å². The minimum absolute atomic E-state index is 0.0616. The van der Waals surface area contributed by atoms with Crippen molar-refractivity contribution in [3.63, 3.8) is 0 Å². The van der Waals surface area contributed by atoms with Gasteiger partial charge in [-0.15, -0.1) is 0 Å². The summed E-state index contributed by atoms with van der Waals surface area (Å²) in [5, 5.41) is 6.22. The third-order valence-corrected chi connectivity index (χ3v) is 13.1. The lowest BCUT2D eigenvalue weighted by Crippen LogP contribution is -2.61. The van der Waals surface area contributed by atoms with Crippen molar-refractivity contribution in [2.24, 2.45) is 17.8 Å². The van der Waals surface area contributed by atoms with Crippen LogP contribution in [0.3, 0.4) is 0 Å². The molecule has 1 aliphatic heterocycles. The van der Waals surface area contributed by atoms with Crippen molar-refractivity contribution in [2.75, 3.05) is 40.6 Å². The number of nitrogens with two attached hydrogens (primary N) is 1. The van der Waals surface area contributed by atoms with Gasteiger partial charge < -0.3 is 35.6 Å². The molecule has 0 unspecified atom stereocenters. The first kappa shape index (κ1) is 47.3. The van der Waals surface area contributed by atoms with E-state index in [1.54, 1.807) is 30.8 Å². The van der Waals surface area contributed by atoms with Crippen LogP contribution in [0.5, 0.6) is 0 Å². The Kier molecular flexibility index (Phi) is 17.1. The molecule has 1 fully saturated rings. The SMILES string of the molecule is CC[C@H](C)[C@@H]([C@@H](CC(=O)N1CCC[C@H]1[C@H](OC)[C@@H](C)C(=O)NS(=O)(=O)c1ccc(N)cc1)OC)N(C)C(=O)[C@@H](NC(=O)[C@@H](NC)C(C)(C)c1ccccc1)C(C)C. The molecule has 2 aromatic carbocycles. The van der Waals surface area contributed by atoms with Crippen molar-refractivity contribution in [2.45, 2.75) is 121 Å². The van der Waals surface area contributed by atoms with Gasteiger partial charge in [0.15, 0.2) is 0 Å². The van der Waals surface area contributed by atoms with Gasteiger partial charge in [-0.25, -0.2) is 13.1 Å². The van der Waals surface area contributed by atoms with E-state index in [9.17, 15) is 27.6 Å². The van der Waals surface area contributed by atoms with E-state index >= 15 is 0 Å². The van der Waals surface area contributed by atoms with Gasteiger partial charge in [-0.3, -0.25) is 19.2 Å². The fraction of sp³-hybridized carbons (Fsp3) is 0.619. The summed E-state index contributed by atoms with van der Waals surface area (Å²) in [7, 11) is 2.20. The van der Waals surface area contributed by atoms with E-state index in [-0.39, 0.29) is 40.9 Å². The predicted molar refractivity (Wildman–Crippen MR) is 221 cm³/mol. The molecule has 0 spiro atoms. The summed E-state index contributed by atoms with van der Waals surface area (Å²) in [5.41, 5.74) is 6.46. The van der Waals surface area contributed by atoms with Gasteiger partial charge >= 0.3 is 0 Å². The Labute approximate surface area is 340 Å². The third kappa shape index (κ3) is 11.3. The van der Waals surface area contributed by atoms with E-state index in [1.165, 1.54) is 38.5 Å². The molecule has 5 N–H and O–H groups in total. The number of nitrogen functional groups attached to an aromatic ring is 1. The van der Waals surface area contributed by atoms with Gasteiger partial charge in [0.2, 0.25) is 23.6 Å². The number of methoxy groups -OCH3 is 2. The summed E-state index contributed by atoms with van der Waals surface area (Å²) in [6, 6.07) is 12.7. The van der Waals surface area contributed by atoms with Crippen LogP contribution in [-0.4, -0.2) is 113 Å². The van der Waals surface area contributed by atoms with E-state index in [4.69, 9.17) is 15.2 Å². The van der Waals surface area contributed by atoms with Gasteiger partial charge in [0.1, 0.15) is 6.04 Å². The Bertz CT molecular complexity index is 1760. The lowest BCUT2D eigenvalue weighted by atomic mass is 9.77. The Morgan fingerprint density at radius 1 is 0.965 bits per heavy atom. The van der Waals surface area contributed by atoms with E-state index < -0.39 is 63.6 Å². The van der Waals surface area contributed by atoms with Crippen LogP contribution < -0.4 is 21.1 Å². The van der Waals surface area contributed by atoms with E-state index in [1.807, 2.05) is 71.9 Å². The number of anilines is 1. The third-order valence-electron chi connectivity index (χ3n) is 11.7. The Morgan fingerprint density at radius 3 is 2.11 bits per heavy atom. The average Bonchev–Trinajstić information content (AvgIpc) is 3.66. The maximum absolute atomic E-state index is 14.4. The van der Waals surface area contributed by atoms with Crippen LogP contribution >= 0.6 is 0 Å². The number of benzene rings is 2. The number of amides is 4. The summed E-state index contributed by atoms with van der Waals surface area (Å²) in [6.45, 7) is 13.8. The number of hydrogen-bond acceptors (Lipinski definition) is 10. The van der Waals surface area contributed by atoms with Crippen LogP contribution in [-0.2, 0) is 44.1 Å². The second-order valence-corrected chi connectivity index (χ2v) is 17.9. The highest BCUT2D eigenvalue weighted by atomic mass is 32.2. The highest BCUT2D eigenvalue weighted by Crippen LogP contribution is 2.31. The van der Waals surface area contributed by atoms with Crippen LogP contribution in [0.1, 0.15) is 79.7 Å². The van der Waals surface area contributed by atoms with Crippen molar-refractivity contribution >= 4 is 39.3 Å². The molecule has 15 heteroatoms. The summed E-state index contributed by atoms with van der Waals surface area (Å²) >= 11 is 0. The number of sulfonamides is 1.